The highest BCUT2D eigenvalue weighted by Gasteiger charge is 2.55. The molecule has 1 amide bonds. The van der Waals surface area contributed by atoms with Crippen LogP contribution in [0.1, 0.15) is 56.7 Å². The van der Waals surface area contributed by atoms with E-state index in [-0.39, 0.29) is 40.6 Å². The minimum atomic E-state index is -3.13. The van der Waals surface area contributed by atoms with Crippen LogP contribution in [0.25, 0.3) is 11.2 Å². The average Bonchev–Trinajstić information content (AvgIpc) is 3.76. The molecule has 0 spiro atoms. The van der Waals surface area contributed by atoms with Crippen molar-refractivity contribution in [3.05, 3.63) is 112 Å². The van der Waals surface area contributed by atoms with Gasteiger partial charge in [0.05, 0.1) is 38.5 Å². The number of nitrogens with zero attached hydrogens (tertiary/aromatic N) is 3. The molecule has 0 aliphatic carbocycles. The van der Waals surface area contributed by atoms with Gasteiger partial charge in [-0.2, -0.15) is 4.98 Å². The Morgan fingerprint density at radius 2 is 1.52 bits per heavy atom. The zero-order valence-corrected chi connectivity index (χ0v) is 36.8. The third-order valence-corrected chi connectivity index (χ3v) is 17.3. The number of H-pyrrole nitrogens is 1. The van der Waals surface area contributed by atoms with E-state index in [1.165, 1.54) is 18.1 Å². The van der Waals surface area contributed by atoms with Crippen LogP contribution in [-0.2, 0) is 28.6 Å². The van der Waals surface area contributed by atoms with E-state index in [4.69, 9.17) is 23.2 Å². The number of hydrogen-bond donors (Lipinski definition) is 3. The lowest BCUT2D eigenvalue weighted by Crippen LogP contribution is -2.50. The van der Waals surface area contributed by atoms with E-state index in [0.29, 0.717) is 11.5 Å². The van der Waals surface area contributed by atoms with Gasteiger partial charge in [0.25, 0.3) is 5.56 Å². The molecule has 3 N–H and O–H groups in total. The molecule has 17 heteroatoms. The molecule has 1 aliphatic rings. The molecule has 5 aromatic rings. The van der Waals surface area contributed by atoms with Gasteiger partial charge in [0.1, 0.15) is 22.5 Å². The molecule has 3 heterocycles. The highest BCUT2D eigenvalue weighted by atomic mass is 32.2. The summed E-state index contributed by atoms with van der Waals surface area (Å²) in [6, 6.07) is 25.4. The van der Waals surface area contributed by atoms with Crippen LogP contribution in [-0.4, -0.2) is 76.9 Å². The van der Waals surface area contributed by atoms with Gasteiger partial charge in [-0.15, -0.1) is 21.2 Å². The predicted octanol–water partition coefficient (Wildman–Crippen LogP) is 7.78. The van der Waals surface area contributed by atoms with Crippen LogP contribution < -0.4 is 20.3 Å². The number of thioether (sulfide) groups is 1. The van der Waals surface area contributed by atoms with Gasteiger partial charge in [-0.05, 0) is 59.1 Å². The number of carbonyl (C=O) groups is 1. The van der Waals surface area contributed by atoms with E-state index in [2.05, 4.69) is 54.1 Å². The fourth-order valence-electron chi connectivity index (χ4n) is 6.66. The zero-order chi connectivity index (χ0) is 42.0. The summed E-state index contributed by atoms with van der Waals surface area (Å²) in [4.78, 5) is 47.8. The standard InChI is InChI=1S/C41H50N5O9PSSi/c1-25(2)36(47)44-39-43-35-32(37(48)45-39)42-24-46(35)38-34(54-56(49)50)33(55-58(8,9)40(3,4)5)31(57-38)23-53-41(26-13-11-10-12-14-26,27-15-19-29(51-6)20-16-27)28-17-21-30(52-7)22-18-28/h10-22,24-25,31,33-34,38H,23H2,1-9H3,(H2-,43,44,45,47,48,49,50)/p+1/t31?,33-,34-,38-/m1/s1. The Kier molecular flexibility index (Phi) is 13.0. The van der Waals surface area contributed by atoms with Crippen LogP contribution in [0.4, 0.5) is 5.95 Å². The van der Waals surface area contributed by atoms with Gasteiger partial charge in [-0.25, -0.2) is 4.98 Å². The van der Waals surface area contributed by atoms with Crippen LogP contribution in [0.15, 0.2) is 90.0 Å². The van der Waals surface area contributed by atoms with Crippen LogP contribution >= 0.6 is 20.0 Å². The van der Waals surface area contributed by atoms with Crippen LogP contribution in [0.2, 0.25) is 18.1 Å². The molecule has 14 nitrogen and oxygen atoms in total. The van der Waals surface area contributed by atoms with Crippen molar-refractivity contribution in [2.24, 2.45) is 5.92 Å². The van der Waals surface area contributed by atoms with Crippen LogP contribution in [0, 0.1) is 5.92 Å². The number of aromatic nitrogens is 4. The Labute approximate surface area is 344 Å². The van der Waals surface area contributed by atoms with Gasteiger partial charge in [0.15, 0.2) is 25.6 Å². The fraction of sp³-hybridized carbons (Fsp3) is 0.415. The number of carbonyl (C=O) groups excluding carboxylic acids is 1. The average molecular weight is 849 g/mol. The molecular weight excluding hydrogens is 798 g/mol. The summed E-state index contributed by atoms with van der Waals surface area (Å²) < 4.78 is 45.8. The van der Waals surface area contributed by atoms with E-state index in [0.717, 1.165) is 16.7 Å². The first-order chi connectivity index (χ1) is 27.5. The van der Waals surface area contributed by atoms with Crippen molar-refractivity contribution in [1.29, 1.82) is 0 Å². The third-order valence-electron chi connectivity index (χ3n) is 10.8. The smallest absolute Gasteiger partial charge is 0.497 e. The molecule has 3 aromatic carbocycles. The predicted molar refractivity (Wildman–Crippen MR) is 227 cm³/mol. The van der Waals surface area contributed by atoms with Gasteiger partial charge >= 0.3 is 8.25 Å². The molecule has 2 aromatic heterocycles. The number of anilines is 1. The largest absolute Gasteiger partial charge is 0.695 e. The summed E-state index contributed by atoms with van der Waals surface area (Å²) in [5, 5.41) is 1.15. The number of amides is 1. The normalized spacial score (nSPS) is 19.1. The minimum Gasteiger partial charge on any atom is -0.497 e. The molecule has 0 bridgehead atoms. The molecule has 0 radical (unpaired) electrons. The SMILES string of the molecule is COc1ccc(C(OCC2S[C@@H](n3cnc4c(=O)[nH]c(NC(=O)C(C)C)nc43)[C@H](O[P+](=O)O)[C@@H]2O[Si](C)(C)C(C)(C)C)(c2ccccc2)c2ccc(OC)cc2)cc1. The molecular formula is C41H51N5O9PSSi+. The number of methoxy groups -OCH3 is 2. The number of fused-ring (bicyclic) bond motifs is 1. The Morgan fingerprint density at radius 3 is 2.03 bits per heavy atom. The number of imidazole rings is 1. The van der Waals surface area contributed by atoms with Crippen molar-refractivity contribution in [1.82, 2.24) is 19.5 Å². The molecule has 58 heavy (non-hydrogen) atoms. The van der Waals surface area contributed by atoms with Crippen molar-refractivity contribution < 1.29 is 37.4 Å². The number of hydrogen-bond acceptors (Lipinski definition) is 11. The van der Waals surface area contributed by atoms with Crippen LogP contribution in [0.5, 0.6) is 11.5 Å². The number of nitrogens with one attached hydrogen (secondary N) is 2. The fourth-order valence-corrected chi connectivity index (χ4v) is 10.1. The third kappa shape index (κ3) is 8.78. The van der Waals surface area contributed by atoms with Gasteiger partial charge in [0, 0.05) is 10.5 Å². The van der Waals surface area contributed by atoms with E-state index in [1.807, 2.05) is 78.9 Å². The summed E-state index contributed by atoms with van der Waals surface area (Å²) in [7, 11) is -2.50. The second-order valence-corrected chi connectivity index (χ2v) is 22.7. The lowest BCUT2D eigenvalue weighted by atomic mass is 9.80. The Bertz CT molecular complexity index is 2230. The Hall–Kier alpha value is -4.41. The van der Waals surface area contributed by atoms with Crippen molar-refractivity contribution in [3.63, 3.8) is 0 Å². The summed E-state index contributed by atoms with van der Waals surface area (Å²) in [5.41, 5.74) is 0.979. The number of rotatable bonds is 15. The second-order valence-electron chi connectivity index (χ2n) is 15.9. The van der Waals surface area contributed by atoms with E-state index >= 15 is 0 Å². The number of benzene rings is 3. The van der Waals surface area contributed by atoms with Crippen molar-refractivity contribution in [2.75, 3.05) is 26.1 Å². The van der Waals surface area contributed by atoms with Gasteiger partial charge in [0.2, 0.25) is 11.9 Å². The van der Waals surface area contributed by atoms with E-state index < -0.39 is 50.6 Å². The maximum Gasteiger partial charge on any atom is 0.695 e. The molecule has 308 valence electrons. The Balaban J connectivity index is 1.51. The maximum absolute atomic E-state index is 13.3. The van der Waals surface area contributed by atoms with Gasteiger partial charge in [-0.1, -0.05) is 89.2 Å². The highest BCUT2D eigenvalue weighted by molar-refractivity contribution is 8.00. The first-order valence-corrected chi connectivity index (χ1v) is 23.9. The summed E-state index contributed by atoms with van der Waals surface area (Å²) >= 11 is 1.41. The number of aromatic amines is 1. The van der Waals surface area contributed by atoms with Crippen LogP contribution in [0.3, 0.4) is 0 Å². The summed E-state index contributed by atoms with van der Waals surface area (Å²) in [6.07, 6.45) is -0.349. The number of ether oxygens (including phenoxy) is 3. The Morgan fingerprint density at radius 1 is 0.948 bits per heavy atom. The topological polar surface area (TPSA) is 176 Å². The first kappa shape index (κ1) is 43.2. The molecule has 0 saturated carbocycles. The lowest BCUT2D eigenvalue weighted by molar-refractivity contribution is -0.118. The molecule has 1 aliphatic heterocycles. The van der Waals surface area contributed by atoms with Gasteiger partial charge in [-0.3, -0.25) is 24.5 Å². The summed E-state index contributed by atoms with van der Waals surface area (Å²) in [5.74, 6) is 0.609. The van der Waals surface area contributed by atoms with Crippen molar-refractivity contribution >= 4 is 51.4 Å². The maximum atomic E-state index is 13.3. The molecule has 1 saturated heterocycles. The highest BCUT2D eigenvalue weighted by Crippen LogP contribution is 2.52. The quantitative estimate of drug-likeness (QED) is 0.0531. The van der Waals surface area contributed by atoms with Crippen molar-refractivity contribution in [3.8, 4) is 11.5 Å². The molecule has 1 fully saturated rings. The van der Waals surface area contributed by atoms with Crippen molar-refractivity contribution in [2.45, 2.75) is 81.2 Å². The van der Waals surface area contributed by atoms with Gasteiger partial charge < -0.3 is 18.6 Å². The second kappa shape index (κ2) is 17.4. The minimum absolute atomic E-state index is 0.0268. The molecule has 5 atom stereocenters. The van der Waals surface area contributed by atoms with E-state index in [9.17, 15) is 19.0 Å². The first-order valence-electron chi connectivity index (χ1n) is 18.9. The summed E-state index contributed by atoms with van der Waals surface area (Å²) in [6.45, 7) is 14.1. The zero-order valence-electron chi connectivity index (χ0n) is 34.1. The monoisotopic (exact) mass is 848 g/mol. The van der Waals surface area contributed by atoms with E-state index in [1.54, 1.807) is 32.6 Å². The lowest BCUT2D eigenvalue weighted by Gasteiger charge is -2.41. The molecule has 2 unspecified atom stereocenters. The molecule has 6 rings (SSSR count).